The first kappa shape index (κ1) is 16.7. The summed E-state index contributed by atoms with van der Waals surface area (Å²) in [6, 6.07) is 13.1. The molecule has 122 valence electrons. The summed E-state index contributed by atoms with van der Waals surface area (Å²) in [6.45, 7) is -2.40. The number of halogens is 2. The zero-order chi connectivity index (χ0) is 16.7. The molecule has 0 unspecified atom stereocenters. The summed E-state index contributed by atoms with van der Waals surface area (Å²) in [7, 11) is 1.60. The van der Waals surface area contributed by atoms with Gasteiger partial charge in [0.2, 0.25) is 0 Å². The van der Waals surface area contributed by atoms with Crippen LogP contribution in [0.15, 0.2) is 48.5 Å². The zero-order valence-electron chi connectivity index (χ0n) is 12.6. The number of methoxy groups -OCH3 is 1. The van der Waals surface area contributed by atoms with Crippen LogP contribution >= 0.6 is 0 Å². The van der Waals surface area contributed by atoms with Crippen LogP contribution in [0, 0.1) is 0 Å². The second-order valence-corrected chi connectivity index (χ2v) is 4.76. The van der Waals surface area contributed by atoms with Crippen LogP contribution in [0.5, 0.6) is 11.5 Å². The van der Waals surface area contributed by atoms with Crippen molar-refractivity contribution in [2.45, 2.75) is 13.0 Å². The van der Waals surface area contributed by atoms with Crippen LogP contribution in [-0.4, -0.2) is 26.2 Å². The molecule has 0 aromatic heterocycles. The average Bonchev–Trinajstić information content (AvgIpc) is 2.55. The van der Waals surface area contributed by atoms with Crippen molar-refractivity contribution in [2.24, 2.45) is 0 Å². The van der Waals surface area contributed by atoms with Gasteiger partial charge in [0, 0.05) is 12.1 Å². The first-order valence-corrected chi connectivity index (χ1v) is 7.04. The maximum absolute atomic E-state index is 12.0. The number of hydrogen-bond acceptors (Lipinski definition) is 3. The van der Waals surface area contributed by atoms with Gasteiger partial charge in [0.15, 0.2) is 0 Å². The summed E-state index contributed by atoms with van der Waals surface area (Å²) in [5.74, 6) is 0.542. The molecule has 0 fully saturated rings. The number of carbonyl (C=O) groups is 1. The number of amides is 1. The van der Waals surface area contributed by atoms with E-state index in [9.17, 15) is 13.6 Å². The van der Waals surface area contributed by atoms with Crippen molar-refractivity contribution < 1.29 is 23.0 Å². The maximum atomic E-state index is 12.0. The number of hydrogen-bond donors (Lipinski definition) is 1. The van der Waals surface area contributed by atoms with Crippen LogP contribution in [0.4, 0.5) is 8.78 Å². The lowest BCUT2D eigenvalue weighted by atomic mass is 10.1. The topological polar surface area (TPSA) is 47.6 Å². The predicted molar refractivity (Wildman–Crippen MR) is 82.1 cm³/mol. The highest BCUT2D eigenvalue weighted by Crippen LogP contribution is 2.15. The van der Waals surface area contributed by atoms with E-state index >= 15 is 0 Å². The second-order valence-electron chi connectivity index (χ2n) is 4.76. The molecule has 0 heterocycles. The average molecular weight is 321 g/mol. The van der Waals surface area contributed by atoms with Crippen molar-refractivity contribution in [2.75, 3.05) is 13.7 Å². The Labute approximate surface area is 133 Å². The Hall–Kier alpha value is -2.63. The van der Waals surface area contributed by atoms with Gasteiger partial charge in [-0.3, -0.25) is 4.79 Å². The minimum atomic E-state index is -2.88. The Morgan fingerprint density at radius 1 is 1.04 bits per heavy atom. The molecule has 1 N–H and O–H groups in total. The van der Waals surface area contributed by atoms with Gasteiger partial charge in [-0.15, -0.1) is 0 Å². The van der Waals surface area contributed by atoms with Gasteiger partial charge in [-0.25, -0.2) is 0 Å². The number of nitrogens with one attached hydrogen (secondary N) is 1. The fraction of sp³-hybridized carbons (Fsp3) is 0.235. The number of alkyl halides is 2. The van der Waals surface area contributed by atoms with E-state index in [-0.39, 0.29) is 11.7 Å². The summed E-state index contributed by atoms with van der Waals surface area (Å²) in [4.78, 5) is 11.9. The first-order valence-electron chi connectivity index (χ1n) is 7.04. The molecule has 2 aromatic rings. The molecule has 0 radical (unpaired) electrons. The van der Waals surface area contributed by atoms with Crippen LogP contribution < -0.4 is 14.8 Å². The molecule has 4 nitrogen and oxygen atoms in total. The molecule has 2 rings (SSSR count). The molecule has 2 aromatic carbocycles. The number of ether oxygens (including phenoxy) is 2. The summed E-state index contributed by atoms with van der Waals surface area (Å²) in [6.07, 6.45) is 0.683. The van der Waals surface area contributed by atoms with Gasteiger partial charge in [-0.05, 0) is 48.4 Å². The molecule has 0 saturated carbocycles. The second kappa shape index (κ2) is 8.12. The first-order chi connectivity index (χ1) is 11.1. The van der Waals surface area contributed by atoms with Crippen molar-refractivity contribution in [3.8, 4) is 11.5 Å². The fourth-order valence-corrected chi connectivity index (χ4v) is 2.00. The summed E-state index contributed by atoms with van der Waals surface area (Å²) in [5, 5.41) is 2.78. The highest BCUT2D eigenvalue weighted by Gasteiger charge is 2.07. The van der Waals surface area contributed by atoms with Crippen LogP contribution in [0.25, 0.3) is 0 Å². The monoisotopic (exact) mass is 321 g/mol. The van der Waals surface area contributed by atoms with E-state index in [2.05, 4.69) is 10.1 Å². The molecule has 0 aliphatic rings. The molecule has 0 atom stereocenters. The van der Waals surface area contributed by atoms with Crippen molar-refractivity contribution in [3.05, 3.63) is 59.7 Å². The van der Waals surface area contributed by atoms with Gasteiger partial charge in [0.25, 0.3) is 5.91 Å². The van der Waals surface area contributed by atoms with E-state index in [1.807, 2.05) is 24.3 Å². The van der Waals surface area contributed by atoms with E-state index in [4.69, 9.17) is 4.74 Å². The Morgan fingerprint density at radius 3 is 2.22 bits per heavy atom. The largest absolute Gasteiger partial charge is 0.497 e. The minimum absolute atomic E-state index is 0.0229. The summed E-state index contributed by atoms with van der Waals surface area (Å²) >= 11 is 0. The maximum Gasteiger partial charge on any atom is 0.387 e. The quantitative estimate of drug-likeness (QED) is 0.851. The van der Waals surface area contributed by atoms with Gasteiger partial charge in [-0.1, -0.05) is 12.1 Å². The minimum Gasteiger partial charge on any atom is -0.497 e. The molecule has 0 saturated heterocycles. The highest BCUT2D eigenvalue weighted by atomic mass is 19.3. The lowest BCUT2D eigenvalue weighted by Gasteiger charge is -2.08. The molecule has 0 aliphatic heterocycles. The van der Waals surface area contributed by atoms with E-state index < -0.39 is 6.61 Å². The Morgan fingerprint density at radius 2 is 1.65 bits per heavy atom. The zero-order valence-corrected chi connectivity index (χ0v) is 12.6. The SMILES string of the molecule is COc1ccc(CCNC(=O)c2ccc(OC(F)F)cc2)cc1. The number of rotatable bonds is 7. The van der Waals surface area contributed by atoms with E-state index in [1.165, 1.54) is 24.3 Å². The van der Waals surface area contributed by atoms with Gasteiger partial charge in [0.05, 0.1) is 7.11 Å². The molecular weight excluding hydrogens is 304 g/mol. The molecule has 6 heteroatoms. The lowest BCUT2D eigenvalue weighted by molar-refractivity contribution is -0.0498. The lowest BCUT2D eigenvalue weighted by Crippen LogP contribution is -2.25. The Balaban J connectivity index is 1.81. The Kier molecular flexibility index (Phi) is 5.91. The van der Waals surface area contributed by atoms with E-state index in [0.29, 0.717) is 18.5 Å². The van der Waals surface area contributed by atoms with Gasteiger partial charge in [0.1, 0.15) is 11.5 Å². The molecule has 1 amide bonds. The third-order valence-electron chi connectivity index (χ3n) is 3.20. The van der Waals surface area contributed by atoms with Gasteiger partial charge >= 0.3 is 6.61 Å². The normalized spacial score (nSPS) is 10.4. The third-order valence-corrected chi connectivity index (χ3v) is 3.20. The molecule has 0 bridgehead atoms. The number of benzene rings is 2. The van der Waals surface area contributed by atoms with E-state index in [0.717, 1.165) is 11.3 Å². The van der Waals surface area contributed by atoms with Crippen molar-refractivity contribution >= 4 is 5.91 Å². The molecule has 0 spiro atoms. The smallest absolute Gasteiger partial charge is 0.387 e. The van der Waals surface area contributed by atoms with Crippen LogP contribution in [0.2, 0.25) is 0 Å². The highest BCUT2D eigenvalue weighted by molar-refractivity contribution is 5.94. The van der Waals surface area contributed by atoms with Crippen molar-refractivity contribution in [1.82, 2.24) is 5.32 Å². The standard InChI is InChI=1S/C17H17F2NO3/c1-22-14-6-2-12(3-7-14)10-11-20-16(21)13-4-8-15(9-5-13)23-17(18)19/h2-9,17H,10-11H2,1H3,(H,20,21). The Bertz CT molecular complexity index is 627. The predicted octanol–water partition coefficient (Wildman–Crippen LogP) is 3.27. The number of carbonyl (C=O) groups excluding carboxylic acids is 1. The van der Waals surface area contributed by atoms with Gasteiger partial charge < -0.3 is 14.8 Å². The summed E-state index contributed by atoms with van der Waals surface area (Å²) < 4.78 is 33.4. The van der Waals surface area contributed by atoms with E-state index in [1.54, 1.807) is 7.11 Å². The molecule has 0 aliphatic carbocycles. The van der Waals surface area contributed by atoms with Crippen LogP contribution in [0.1, 0.15) is 15.9 Å². The fourth-order valence-electron chi connectivity index (χ4n) is 2.00. The van der Waals surface area contributed by atoms with Crippen molar-refractivity contribution in [3.63, 3.8) is 0 Å². The van der Waals surface area contributed by atoms with Crippen LogP contribution in [0.3, 0.4) is 0 Å². The van der Waals surface area contributed by atoms with Crippen molar-refractivity contribution in [1.29, 1.82) is 0 Å². The van der Waals surface area contributed by atoms with Crippen LogP contribution in [-0.2, 0) is 6.42 Å². The summed E-state index contributed by atoms with van der Waals surface area (Å²) in [5.41, 5.74) is 1.47. The van der Waals surface area contributed by atoms with Gasteiger partial charge in [-0.2, -0.15) is 8.78 Å². The molecular formula is C17H17F2NO3. The third kappa shape index (κ3) is 5.25. The molecule has 23 heavy (non-hydrogen) atoms.